The number of benzene rings is 1. The number of non-ortho nitro benzene ring substituents is 1. The van der Waals surface area contributed by atoms with Crippen LogP contribution in [0.15, 0.2) is 18.2 Å². The van der Waals surface area contributed by atoms with E-state index in [9.17, 15) is 14.9 Å². The van der Waals surface area contributed by atoms with Crippen LogP contribution in [0.25, 0.3) is 10.2 Å². The van der Waals surface area contributed by atoms with Crippen LogP contribution in [-0.2, 0) is 4.79 Å². The van der Waals surface area contributed by atoms with Crippen LogP contribution in [0.1, 0.15) is 12.8 Å². The van der Waals surface area contributed by atoms with Gasteiger partial charge in [-0.2, -0.15) is 0 Å². The van der Waals surface area contributed by atoms with Crippen molar-refractivity contribution in [1.29, 1.82) is 0 Å². The van der Waals surface area contributed by atoms with E-state index in [1.807, 2.05) is 4.90 Å². The number of piperidine rings is 1. The molecule has 0 saturated carbocycles. The molecule has 1 aromatic heterocycles. The molecule has 0 radical (unpaired) electrons. The van der Waals surface area contributed by atoms with Gasteiger partial charge in [0.2, 0.25) is 0 Å². The normalized spacial score (nSPS) is 18.9. The Hall–Kier alpha value is -2.22. The molecule has 1 fully saturated rings. The summed E-state index contributed by atoms with van der Waals surface area (Å²) in [6, 6.07) is 4.60. The number of thiazole rings is 1. The summed E-state index contributed by atoms with van der Waals surface area (Å²) in [7, 11) is 0. The third kappa shape index (κ3) is 2.66. The number of rotatable bonds is 3. The maximum Gasteiger partial charge on any atom is 0.308 e. The van der Waals surface area contributed by atoms with E-state index in [0.29, 0.717) is 18.5 Å². The first-order valence-corrected chi connectivity index (χ1v) is 7.39. The molecule has 1 saturated heterocycles. The highest BCUT2D eigenvalue weighted by Crippen LogP contribution is 2.33. The van der Waals surface area contributed by atoms with Gasteiger partial charge in [0.1, 0.15) is 0 Å². The summed E-state index contributed by atoms with van der Waals surface area (Å²) in [5.74, 6) is -1.16. The predicted molar refractivity (Wildman–Crippen MR) is 78.8 cm³/mol. The number of hydrogen-bond donors (Lipinski definition) is 1. The van der Waals surface area contributed by atoms with Crippen molar-refractivity contribution in [3.8, 4) is 0 Å². The van der Waals surface area contributed by atoms with Gasteiger partial charge < -0.3 is 10.0 Å². The van der Waals surface area contributed by atoms with Gasteiger partial charge in [-0.05, 0) is 18.9 Å². The standard InChI is InChI=1S/C13H13N3O4S/c17-12(18)8-2-1-5-15(7-8)13-14-10-6-9(16(19)20)3-4-11(10)21-13/h3-4,6,8H,1-2,5,7H2,(H,17,18). The maximum atomic E-state index is 11.1. The van der Waals surface area contributed by atoms with Gasteiger partial charge in [0.25, 0.3) is 5.69 Å². The second-order valence-electron chi connectivity index (χ2n) is 5.03. The first-order valence-electron chi connectivity index (χ1n) is 6.57. The smallest absolute Gasteiger partial charge is 0.308 e. The van der Waals surface area contributed by atoms with E-state index in [1.165, 1.54) is 23.5 Å². The van der Waals surface area contributed by atoms with Gasteiger partial charge in [-0.25, -0.2) is 4.98 Å². The van der Waals surface area contributed by atoms with Gasteiger partial charge in [-0.15, -0.1) is 0 Å². The zero-order valence-corrected chi connectivity index (χ0v) is 11.9. The van der Waals surface area contributed by atoms with Crippen LogP contribution in [0.2, 0.25) is 0 Å². The number of aromatic nitrogens is 1. The van der Waals surface area contributed by atoms with Crippen LogP contribution < -0.4 is 4.90 Å². The lowest BCUT2D eigenvalue weighted by Gasteiger charge is -2.30. The number of aliphatic carboxylic acids is 1. The van der Waals surface area contributed by atoms with E-state index in [0.717, 1.165) is 22.8 Å². The van der Waals surface area contributed by atoms with Crippen LogP contribution in [0.4, 0.5) is 10.8 Å². The summed E-state index contributed by atoms with van der Waals surface area (Å²) in [5, 5.41) is 20.6. The Morgan fingerprint density at radius 3 is 3.05 bits per heavy atom. The summed E-state index contributed by atoms with van der Waals surface area (Å²) in [5.41, 5.74) is 0.600. The van der Waals surface area contributed by atoms with Crippen molar-refractivity contribution in [3.63, 3.8) is 0 Å². The highest BCUT2D eigenvalue weighted by atomic mass is 32.1. The van der Waals surface area contributed by atoms with Crippen LogP contribution in [0.3, 0.4) is 0 Å². The highest BCUT2D eigenvalue weighted by Gasteiger charge is 2.27. The van der Waals surface area contributed by atoms with Gasteiger partial charge in [-0.1, -0.05) is 11.3 Å². The average Bonchev–Trinajstić information content (AvgIpc) is 2.90. The summed E-state index contributed by atoms with van der Waals surface area (Å²) < 4.78 is 0.869. The molecule has 3 rings (SSSR count). The van der Waals surface area contributed by atoms with Crippen molar-refractivity contribution in [1.82, 2.24) is 4.98 Å². The third-order valence-corrected chi connectivity index (χ3v) is 4.71. The number of nitro benzene ring substituents is 1. The number of carboxylic acids is 1. The van der Waals surface area contributed by atoms with Gasteiger partial charge in [0.05, 0.1) is 21.1 Å². The molecule has 21 heavy (non-hydrogen) atoms. The van der Waals surface area contributed by atoms with Gasteiger partial charge in [0.15, 0.2) is 5.13 Å². The summed E-state index contributed by atoms with van der Waals surface area (Å²) in [6.07, 6.45) is 1.50. The molecule has 1 aliphatic heterocycles. The number of carboxylic acid groups (broad SMARTS) is 1. The minimum absolute atomic E-state index is 0.0152. The van der Waals surface area contributed by atoms with E-state index in [-0.39, 0.29) is 11.6 Å². The SMILES string of the molecule is O=C(O)C1CCCN(c2nc3cc([N+](=O)[O-])ccc3s2)C1. The van der Waals surface area contributed by atoms with Crippen LogP contribution in [-0.4, -0.2) is 34.1 Å². The summed E-state index contributed by atoms with van der Waals surface area (Å²) in [6.45, 7) is 1.21. The number of nitrogens with zero attached hydrogens (tertiary/aromatic N) is 3. The summed E-state index contributed by atoms with van der Waals surface area (Å²) >= 11 is 1.44. The maximum absolute atomic E-state index is 11.1. The molecular formula is C13H13N3O4S. The minimum Gasteiger partial charge on any atom is -0.481 e. The van der Waals surface area contributed by atoms with Crippen molar-refractivity contribution in [2.24, 2.45) is 5.92 Å². The Labute approximate surface area is 124 Å². The lowest BCUT2D eigenvalue weighted by atomic mass is 9.99. The largest absolute Gasteiger partial charge is 0.481 e. The van der Waals surface area contributed by atoms with Crippen molar-refractivity contribution < 1.29 is 14.8 Å². The molecule has 1 N–H and O–H groups in total. The Kier molecular flexibility index (Phi) is 3.46. The van der Waals surface area contributed by atoms with Crippen LogP contribution >= 0.6 is 11.3 Å². The molecule has 2 heterocycles. The van der Waals surface area contributed by atoms with Crippen LogP contribution in [0.5, 0.6) is 0 Å². The second-order valence-corrected chi connectivity index (χ2v) is 6.04. The zero-order chi connectivity index (χ0) is 15.0. The predicted octanol–water partition coefficient (Wildman–Crippen LogP) is 2.51. The number of fused-ring (bicyclic) bond motifs is 1. The molecule has 1 atom stereocenters. The lowest BCUT2D eigenvalue weighted by Crippen LogP contribution is -2.38. The second kappa shape index (κ2) is 5.28. The molecule has 0 spiro atoms. The Bertz CT molecular complexity index is 715. The molecule has 1 aromatic carbocycles. The fourth-order valence-electron chi connectivity index (χ4n) is 2.50. The quantitative estimate of drug-likeness (QED) is 0.691. The monoisotopic (exact) mass is 307 g/mol. The fraction of sp³-hybridized carbons (Fsp3) is 0.385. The fourth-order valence-corrected chi connectivity index (χ4v) is 3.49. The summed E-state index contributed by atoms with van der Waals surface area (Å²) in [4.78, 5) is 27.8. The Morgan fingerprint density at radius 1 is 1.52 bits per heavy atom. The topological polar surface area (TPSA) is 96.6 Å². The zero-order valence-electron chi connectivity index (χ0n) is 11.1. The van der Waals surface area contributed by atoms with Crippen molar-refractivity contribution in [2.75, 3.05) is 18.0 Å². The van der Waals surface area contributed by atoms with E-state index >= 15 is 0 Å². The van der Waals surface area contributed by atoms with E-state index < -0.39 is 10.9 Å². The Balaban J connectivity index is 1.90. The van der Waals surface area contributed by atoms with Crippen LogP contribution in [0, 0.1) is 16.0 Å². The highest BCUT2D eigenvalue weighted by molar-refractivity contribution is 7.22. The van der Waals surface area contributed by atoms with E-state index in [4.69, 9.17) is 5.11 Å². The van der Waals surface area contributed by atoms with E-state index in [2.05, 4.69) is 4.98 Å². The number of anilines is 1. The molecule has 0 bridgehead atoms. The minimum atomic E-state index is -0.781. The number of carbonyl (C=O) groups is 1. The molecule has 0 aliphatic carbocycles. The Morgan fingerprint density at radius 2 is 2.33 bits per heavy atom. The lowest BCUT2D eigenvalue weighted by molar-refractivity contribution is -0.384. The molecule has 1 aliphatic rings. The molecule has 1 unspecified atom stereocenters. The van der Waals surface area contributed by atoms with Gasteiger partial charge in [0, 0.05) is 25.2 Å². The van der Waals surface area contributed by atoms with E-state index in [1.54, 1.807) is 6.07 Å². The van der Waals surface area contributed by atoms with Gasteiger partial charge >= 0.3 is 5.97 Å². The molecule has 7 nitrogen and oxygen atoms in total. The molecular weight excluding hydrogens is 294 g/mol. The molecule has 8 heteroatoms. The van der Waals surface area contributed by atoms with Gasteiger partial charge in [-0.3, -0.25) is 14.9 Å². The van der Waals surface area contributed by atoms with Crippen molar-refractivity contribution in [3.05, 3.63) is 28.3 Å². The first-order chi connectivity index (χ1) is 10.0. The molecule has 2 aromatic rings. The average molecular weight is 307 g/mol. The van der Waals surface area contributed by atoms with Crippen molar-refractivity contribution in [2.45, 2.75) is 12.8 Å². The van der Waals surface area contributed by atoms with Crippen molar-refractivity contribution >= 4 is 38.3 Å². The molecule has 0 amide bonds. The number of hydrogen-bond acceptors (Lipinski definition) is 6. The molecule has 110 valence electrons. The third-order valence-electron chi connectivity index (χ3n) is 3.61. The first kappa shape index (κ1) is 13.7. The number of nitro groups is 1.